The Bertz CT molecular complexity index is 632. The number of anilines is 1. The number of nitrogens with zero attached hydrogens (tertiary/aromatic N) is 3. The zero-order chi connectivity index (χ0) is 14.8. The standard InChI is InChI=1S/C14H17F2N5/c1-9-3-4-10(15)11(12(9)16)13-18-14(20-19-13)21-7-2-5-17-6-8-21/h3-4,17H,2,5-8H2,1H3,(H,18,19,20). The van der Waals surface area contributed by atoms with Crippen LogP contribution in [0, 0.1) is 18.6 Å². The zero-order valence-electron chi connectivity index (χ0n) is 11.8. The lowest BCUT2D eigenvalue weighted by atomic mass is 10.1. The quantitative estimate of drug-likeness (QED) is 0.887. The Hall–Kier alpha value is -2.02. The van der Waals surface area contributed by atoms with Gasteiger partial charge >= 0.3 is 0 Å². The van der Waals surface area contributed by atoms with Gasteiger partial charge in [-0.05, 0) is 31.5 Å². The smallest absolute Gasteiger partial charge is 0.245 e. The molecular weight excluding hydrogens is 276 g/mol. The molecule has 1 fully saturated rings. The molecule has 1 aliphatic heterocycles. The van der Waals surface area contributed by atoms with Crippen molar-refractivity contribution in [1.82, 2.24) is 20.5 Å². The third kappa shape index (κ3) is 2.73. The fraction of sp³-hybridized carbons (Fsp3) is 0.429. The predicted molar refractivity (Wildman–Crippen MR) is 76.2 cm³/mol. The van der Waals surface area contributed by atoms with E-state index in [4.69, 9.17) is 0 Å². The van der Waals surface area contributed by atoms with Gasteiger partial charge in [0.25, 0.3) is 0 Å². The predicted octanol–water partition coefficient (Wildman–Crippen LogP) is 1.86. The molecule has 0 spiro atoms. The topological polar surface area (TPSA) is 56.8 Å². The number of H-pyrrole nitrogens is 1. The van der Waals surface area contributed by atoms with E-state index in [1.165, 1.54) is 12.1 Å². The summed E-state index contributed by atoms with van der Waals surface area (Å²) < 4.78 is 28.0. The van der Waals surface area contributed by atoms with E-state index in [1.54, 1.807) is 6.92 Å². The monoisotopic (exact) mass is 293 g/mol. The summed E-state index contributed by atoms with van der Waals surface area (Å²) in [6.07, 6.45) is 0.983. The molecule has 0 unspecified atom stereocenters. The molecule has 21 heavy (non-hydrogen) atoms. The zero-order valence-corrected chi connectivity index (χ0v) is 11.8. The summed E-state index contributed by atoms with van der Waals surface area (Å²) in [5, 5.41) is 10.0. The molecule has 1 saturated heterocycles. The minimum absolute atomic E-state index is 0.126. The first-order valence-corrected chi connectivity index (χ1v) is 7.00. The van der Waals surface area contributed by atoms with Crippen molar-refractivity contribution < 1.29 is 8.78 Å². The van der Waals surface area contributed by atoms with Crippen LogP contribution >= 0.6 is 0 Å². The molecule has 1 aromatic carbocycles. The molecule has 0 atom stereocenters. The average Bonchev–Trinajstić information content (AvgIpc) is 2.78. The molecule has 1 aliphatic rings. The Morgan fingerprint density at radius 3 is 2.90 bits per heavy atom. The molecule has 0 saturated carbocycles. The molecule has 112 valence electrons. The van der Waals surface area contributed by atoms with Gasteiger partial charge in [-0.25, -0.2) is 8.78 Å². The lowest BCUT2D eigenvalue weighted by Gasteiger charge is -2.16. The molecule has 0 bridgehead atoms. The van der Waals surface area contributed by atoms with Crippen molar-refractivity contribution in [2.24, 2.45) is 0 Å². The summed E-state index contributed by atoms with van der Waals surface area (Å²) in [5.74, 6) is -0.636. The van der Waals surface area contributed by atoms with Gasteiger partial charge in [-0.1, -0.05) is 6.07 Å². The highest BCUT2D eigenvalue weighted by Gasteiger charge is 2.20. The van der Waals surface area contributed by atoms with Gasteiger partial charge in [-0.2, -0.15) is 4.98 Å². The number of rotatable bonds is 2. The number of hydrogen-bond acceptors (Lipinski definition) is 4. The Labute approximate surface area is 121 Å². The molecule has 0 amide bonds. The van der Waals surface area contributed by atoms with Crippen LogP contribution in [0.2, 0.25) is 0 Å². The fourth-order valence-corrected chi connectivity index (χ4v) is 2.43. The first-order valence-electron chi connectivity index (χ1n) is 7.00. The van der Waals surface area contributed by atoms with E-state index in [0.29, 0.717) is 11.5 Å². The molecule has 1 aromatic heterocycles. The van der Waals surface area contributed by atoms with E-state index in [2.05, 4.69) is 20.5 Å². The summed E-state index contributed by atoms with van der Waals surface area (Å²) >= 11 is 0. The summed E-state index contributed by atoms with van der Waals surface area (Å²) in [6.45, 7) is 4.99. The highest BCUT2D eigenvalue weighted by Crippen LogP contribution is 2.26. The minimum atomic E-state index is -0.640. The van der Waals surface area contributed by atoms with Crippen molar-refractivity contribution in [1.29, 1.82) is 0 Å². The number of benzene rings is 1. The van der Waals surface area contributed by atoms with E-state index in [-0.39, 0.29) is 11.4 Å². The van der Waals surface area contributed by atoms with Crippen LogP contribution in [0.4, 0.5) is 14.7 Å². The minimum Gasteiger partial charge on any atom is -0.338 e. The molecule has 3 rings (SSSR count). The Morgan fingerprint density at radius 2 is 2.05 bits per heavy atom. The van der Waals surface area contributed by atoms with Crippen molar-refractivity contribution in [3.8, 4) is 11.4 Å². The lowest BCUT2D eigenvalue weighted by Crippen LogP contribution is -2.28. The molecule has 7 heteroatoms. The summed E-state index contributed by atoms with van der Waals surface area (Å²) in [5.41, 5.74) is 0.227. The maximum atomic E-state index is 14.1. The second-order valence-corrected chi connectivity index (χ2v) is 5.13. The van der Waals surface area contributed by atoms with Crippen molar-refractivity contribution >= 4 is 5.95 Å². The summed E-state index contributed by atoms with van der Waals surface area (Å²) in [7, 11) is 0. The Morgan fingerprint density at radius 1 is 1.19 bits per heavy atom. The van der Waals surface area contributed by atoms with Crippen molar-refractivity contribution in [3.05, 3.63) is 29.3 Å². The molecule has 2 N–H and O–H groups in total. The average molecular weight is 293 g/mol. The van der Waals surface area contributed by atoms with Crippen LogP contribution < -0.4 is 10.2 Å². The van der Waals surface area contributed by atoms with Gasteiger partial charge in [0.15, 0.2) is 5.82 Å². The second kappa shape index (κ2) is 5.77. The van der Waals surface area contributed by atoms with Crippen molar-refractivity contribution in [2.45, 2.75) is 13.3 Å². The third-order valence-electron chi connectivity index (χ3n) is 3.62. The fourth-order valence-electron chi connectivity index (χ4n) is 2.43. The van der Waals surface area contributed by atoms with E-state index in [1.807, 2.05) is 4.90 Å². The van der Waals surface area contributed by atoms with Crippen molar-refractivity contribution in [2.75, 3.05) is 31.1 Å². The van der Waals surface area contributed by atoms with E-state index < -0.39 is 11.6 Å². The van der Waals surface area contributed by atoms with Crippen LogP contribution in [0.25, 0.3) is 11.4 Å². The number of nitrogens with one attached hydrogen (secondary N) is 2. The van der Waals surface area contributed by atoms with E-state index in [9.17, 15) is 8.78 Å². The molecular formula is C14H17F2N5. The Balaban J connectivity index is 1.93. The van der Waals surface area contributed by atoms with Gasteiger partial charge in [0.1, 0.15) is 11.6 Å². The van der Waals surface area contributed by atoms with Gasteiger partial charge < -0.3 is 10.2 Å². The van der Waals surface area contributed by atoms with E-state index >= 15 is 0 Å². The first-order chi connectivity index (χ1) is 10.2. The molecule has 0 aliphatic carbocycles. The van der Waals surface area contributed by atoms with Crippen LogP contribution in [-0.2, 0) is 0 Å². The highest BCUT2D eigenvalue weighted by atomic mass is 19.1. The number of aromatic nitrogens is 3. The largest absolute Gasteiger partial charge is 0.338 e. The molecule has 5 nitrogen and oxygen atoms in total. The van der Waals surface area contributed by atoms with Gasteiger partial charge in [0.05, 0.1) is 5.56 Å². The van der Waals surface area contributed by atoms with Gasteiger partial charge in [-0.15, -0.1) is 5.10 Å². The second-order valence-electron chi connectivity index (χ2n) is 5.13. The van der Waals surface area contributed by atoms with Gasteiger partial charge in [-0.3, -0.25) is 5.10 Å². The summed E-state index contributed by atoms with van der Waals surface area (Å²) in [4.78, 5) is 6.27. The SMILES string of the molecule is Cc1ccc(F)c(-c2nc(N3CCCNCC3)n[nH]2)c1F. The highest BCUT2D eigenvalue weighted by molar-refractivity contribution is 5.59. The van der Waals surface area contributed by atoms with E-state index in [0.717, 1.165) is 32.6 Å². The van der Waals surface area contributed by atoms with Crippen LogP contribution in [0.1, 0.15) is 12.0 Å². The Kier molecular flexibility index (Phi) is 3.83. The number of hydrogen-bond donors (Lipinski definition) is 2. The maximum Gasteiger partial charge on any atom is 0.245 e. The number of halogens is 2. The van der Waals surface area contributed by atoms with Crippen LogP contribution in [0.3, 0.4) is 0 Å². The van der Waals surface area contributed by atoms with Gasteiger partial charge in [0.2, 0.25) is 5.95 Å². The number of aromatic amines is 1. The van der Waals surface area contributed by atoms with Crippen molar-refractivity contribution in [3.63, 3.8) is 0 Å². The maximum absolute atomic E-state index is 14.1. The van der Waals surface area contributed by atoms with Crippen LogP contribution in [0.15, 0.2) is 12.1 Å². The van der Waals surface area contributed by atoms with Gasteiger partial charge in [0, 0.05) is 19.6 Å². The first kappa shape index (κ1) is 13.9. The molecule has 0 radical (unpaired) electrons. The lowest BCUT2D eigenvalue weighted by molar-refractivity contribution is 0.582. The van der Waals surface area contributed by atoms with Crippen LogP contribution in [0.5, 0.6) is 0 Å². The number of aryl methyl sites for hydroxylation is 1. The van der Waals surface area contributed by atoms with Crippen LogP contribution in [-0.4, -0.2) is 41.4 Å². The summed E-state index contributed by atoms with van der Waals surface area (Å²) in [6, 6.07) is 2.65. The molecule has 2 heterocycles. The molecule has 2 aromatic rings. The normalized spacial score (nSPS) is 16.0. The third-order valence-corrected chi connectivity index (χ3v) is 3.62.